The van der Waals surface area contributed by atoms with Gasteiger partial charge in [0.1, 0.15) is 5.84 Å². The van der Waals surface area contributed by atoms with Crippen molar-refractivity contribution in [2.45, 2.75) is 18.9 Å². The van der Waals surface area contributed by atoms with Gasteiger partial charge in [0.05, 0.1) is 0 Å². The Balaban J connectivity index is 2.68. The maximum absolute atomic E-state index is 8.62. The van der Waals surface area contributed by atoms with E-state index in [0.717, 1.165) is 18.5 Å². The lowest BCUT2D eigenvalue weighted by Crippen LogP contribution is -2.27. The quantitative estimate of drug-likeness (QED) is 0.168. The van der Waals surface area contributed by atoms with Gasteiger partial charge in [-0.05, 0) is 18.5 Å². The van der Waals surface area contributed by atoms with E-state index in [2.05, 4.69) is 17.1 Å². The van der Waals surface area contributed by atoms with Crippen molar-refractivity contribution in [2.75, 3.05) is 6.54 Å². The molecule has 0 aliphatic carbocycles. The van der Waals surface area contributed by atoms with Crippen LogP contribution in [0.25, 0.3) is 0 Å². The summed E-state index contributed by atoms with van der Waals surface area (Å²) in [5, 5.41) is 15.0. The molecule has 0 amide bonds. The minimum Gasteiger partial charge on any atom is -0.409 e. The van der Waals surface area contributed by atoms with Crippen LogP contribution >= 0.6 is 0 Å². The molecule has 1 aromatic rings. The number of hydrogen-bond acceptors (Lipinski definition) is 3. The van der Waals surface area contributed by atoms with Gasteiger partial charge in [-0.1, -0.05) is 41.6 Å². The molecule has 4 heteroatoms. The van der Waals surface area contributed by atoms with Crippen molar-refractivity contribution < 1.29 is 5.21 Å². The van der Waals surface area contributed by atoms with Gasteiger partial charge in [0.25, 0.3) is 0 Å². The lowest BCUT2D eigenvalue weighted by Gasteiger charge is -2.18. The number of benzene rings is 1. The maximum atomic E-state index is 8.62. The molecule has 1 aromatic carbocycles. The van der Waals surface area contributed by atoms with Gasteiger partial charge in [0, 0.05) is 12.5 Å². The molecule has 17 heavy (non-hydrogen) atoms. The molecule has 0 aromatic heterocycles. The van der Waals surface area contributed by atoms with Crippen LogP contribution in [-0.4, -0.2) is 17.6 Å². The summed E-state index contributed by atoms with van der Waals surface area (Å²) in [4.78, 5) is 0. The molecule has 4 nitrogen and oxygen atoms in total. The summed E-state index contributed by atoms with van der Waals surface area (Å²) in [6, 6.07) is 10.0. The van der Waals surface area contributed by atoms with Crippen molar-refractivity contribution in [3.05, 3.63) is 48.6 Å². The highest BCUT2D eigenvalue weighted by atomic mass is 16.4. The van der Waals surface area contributed by atoms with Crippen LogP contribution < -0.4 is 11.1 Å². The molecule has 1 atom stereocenters. The molecule has 0 saturated carbocycles. The Morgan fingerprint density at radius 1 is 1.47 bits per heavy atom. The van der Waals surface area contributed by atoms with Gasteiger partial charge in [-0.15, -0.1) is 6.58 Å². The second-order valence-electron chi connectivity index (χ2n) is 3.79. The fraction of sp³-hybridized carbons (Fsp3) is 0.308. The molecular formula is C13H19N3O. The number of oxime groups is 1. The van der Waals surface area contributed by atoms with Crippen molar-refractivity contribution in [1.82, 2.24) is 5.32 Å². The van der Waals surface area contributed by atoms with Crippen LogP contribution in [0.2, 0.25) is 0 Å². The highest BCUT2D eigenvalue weighted by Crippen LogP contribution is 2.16. The maximum Gasteiger partial charge on any atom is 0.141 e. The summed E-state index contributed by atoms with van der Waals surface area (Å²) < 4.78 is 0. The Morgan fingerprint density at radius 3 is 2.76 bits per heavy atom. The predicted octanol–water partition coefficient (Wildman–Crippen LogP) is 2.03. The summed E-state index contributed by atoms with van der Waals surface area (Å²) in [6.45, 7) is 4.50. The van der Waals surface area contributed by atoms with Gasteiger partial charge in [-0.3, -0.25) is 0 Å². The van der Waals surface area contributed by atoms with E-state index in [4.69, 9.17) is 10.9 Å². The monoisotopic (exact) mass is 233 g/mol. The van der Waals surface area contributed by atoms with Crippen molar-refractivity contribution in [2.24, 2.45) is 10.9 Å². The minimum absolute atomic E-state index is 0.0621. The van der Waals surface area contributed by atoms with Crippen LogP contribution in [0.3, 0.4) is 0 Å². The topological polar surface area (TPSA) is 70.6 Å². The molecule has 4 N–H and O–H groups in total. The number of nitrogens with zero attached hydrogens (tertiary/aromatic N) is 1. The molecular weight excluding hydrogens is 214 g/mol. The van der Waals surface area contributed by atoms with Crippen LogP contribution in [0.15, 0.2) is 48.1 Å². The Morgan fingerprint density at radius 2 is 2.18 bits per heavy atom. The van der Waals surface area contributed by atoms with Crippen LogP contribution in [0.5, 0.6) is 0 Å². The molecule has 0 fully saturated rings. The Hall–Kier alpha value is -1.81. The van der Waals surface area contributed by atoms with E-state index in [-0.39, 0.29) is 11.9 Å². The fourth-order valence-corrected chi connectivity index (χ4v) is 1.60. The molecule has 0 radical (unpaired) electrons. The highest BCUT2D eigenvalue weighted by Gasteiger charge is 2.12. The average Bonchev–Trinajstić information content (AvgIpc) is 2.38. The van der Waals surface area contributed by atoms with Crippen LogP contribution in [0, 0.1) is 0 Å². The number of nitrogens with two attached hydrogens (primary N) is 1. The normalized spacial score (nSPS) is 13.3. The van der Waals surface area contributed by atoms with E-state index in [1.807, 2.05) is 36.4 Å². The minimum atomic E-state index is 0.0621. The van der Waals surface area contributed by atoms with E-state index in [1.54, 1.807) is 0 Å². The van der Waals surface area contributed by atoms with Gasteiger partial charge in [0.15, 0.2) is 0 Å². The molecule has 1 rings (SSSR count). The Bertz CT molecular complexity index is 362. The molecule has 0 bridgehead atoms. The molecule has 0 heterocycles. The SMILES string of the molecule is C=CCCNC(C/C(N)=N\O)c1ccccc1. The summed E-state index contributed by atoms with van der Waals surface area (Å²) in [5.74, 6) is 0.227. The van der Waals surface area contributed by atoms with E-state index < -0.39 is 0 Å². The van der Waals surface area contributed by atoms with Crippen LogP contribution in [-0.2, 0) is 0 Å². The third-order valence-electron chi connectivity index (χ3n) is 2.48. The zero-order chi connectivity index (χ0) is 12.5. The van der Waals surface area contributed by atoms with E-state index in [1.165, 1.54) is 0 Å². The van der Waals surface area contributed by atoms with Gasteiger partial charge >= 0.3 is 0 Å². The van der Waals surface area contributed by atoms with Gasteiger partial charge < -0.3 is 16.3 Å². The van der Waals surface area contributed by atoms with Gasteiger partial charge in [0.2, 0.25) is 0 Å². The van der Waals surface area contributed by atoms with E-state index in [9.17, 15) is 0 Å². The molecule has 0 saturated heterocycles. The van der Waals surface area contributed by atoms with E-state index in [0.29, 0.717) is 6.42 Å². The number of hydrogen-bond donors (Lipinski definition) is 3. The first-order valence-corrected chi connectivity index (χ1v) is 5.63. The number of rotatable bonds is 7. The predicted molar refractivity (Wildman–Crippen MR) is 70.0 cm³/mol. The third kappa shape index (κ3) is 4.70. The molecule has 0 spiro atoms. The second kappa shape index (κ2) is 7.46. The first-order chi connectivity index (χ1) is 8.27. The third-order valence-corrected chi connectivity index (χ3v) is 2.48. The lowest BCUT2D eigenvalue weighted by molar-refractivity contribution is 0.315. The van der Waals surface area contributed by atoms with Crippen LogP contribution in [0.4, 0.5) is 0 Å². The van der Waals surface area contributed by atoms with Crippen molar-refractivity contribution in [1.29, 1.82) is 0 Å². The average molecular weight is 233 g/mol. The highest BCUT2D eigenvalue weighted by molar-refractivity contribution is 5.80. The number of amidine groups is 1. The largest absolute Gasteiger partial charge is 0.409 e. The zero-order valence-corrected chi connectivity index (χ0v) is 9.84. The molecule has 92 valence electrons. The standard InChI is InChI=1S/C13H19N3O/c1-2-3-9-15-12(10-13(14)16-17)11-7-5-4-6-8-11/h2,4-8,12,15,17H,1,3,9-10H2,(H2,14,16). The molecule has 1 unspecified atom stereocenters. The smallest absolute Gasteiger partial charge is 0.141 e. The van der Waals surface area contributed by atoms with Gasteiger partial charge in [-0.2, -0.15) is 0 Å². The van der Waals surface area contributed by atoms with Crippen molar-refractivity contribution in [3.8, 4) is 0 Å². The van der Waals surface area contributed by atoms with Crippen molar-refractivity contribution in [3.63, 3.8) is 0 Å². The lowest BCUT2D eigenvalue weighted by atomic mass is 10.0. The number of nitrogens with one attached hydrogen (secondary N) is 1. The Kier molecular flexibility index (Phi) is 5.82. The van der Waals surface area contributed by atoms with Gasteiger partial charge in [-0.25, -0.2) is 0 Å². The molecule has 0 aliphatic rings. The second-order valence-corrected chi connectivity index (χ2v) is 3.79. The fourth-order valence-electron chi connectivity index (χ4n) is 1.60. The summed E-state index contributed by atoms with van der Waals surface area (Å²) >= 11 is 0. The summed E-state index contributed by atoms with van der Waals surface area (Å²) in [5.41, 5.74) is 6.68. The Labute approximate surface area is 102 Å². The van der Waals surface area contributed by atoms with Crippen LogP contribution in [0.1, 0.15) is 24.4 Å². The van der Waals surface area contributed by atoms with E-state index >= 15 is 0 Å². The molecule has 0 aliphatic heterocycles. The zero-order valence-electron chi connectivity index (χ0n) is 9.84. The van der Waals surface area contributed by atoms with Crippen molar-refractivity contribution >= 4 is 5.84 Å². The first kappa shape index (κ1) is 13.3. The summed E-state index contributed by atoms with van der Waals surface area (Å²) in [7, 11) is 0. The summed E-state index contributed by atoms with van der Waals surface area (Å²) in [6.07, 6.45) is 3.23. The first-order valence-electron chi connectivity index (χ1n) is 5.63.